The number of aromatic nitrogens is 1. The number of nitrogens with one attached hydrogen (secondary N) is 1. The molecule has 0 radical (unpaired) electrons. The van der Waals surface area contributed by atoms with Gasteiger partial charge in [0.15, 0.2) is 21.5 Å². The Balaban J connectivity index is 1.20. The molecule has 0 saturated heterocycles. The van der Waals surface area contributed by atoms with Gasteiger partial charge in [-0.2, -0.15) is 0 Å². The summed E-state index contributed by atoms with van der Waals surface area (Å²) < 4.78 is 54.2. The van der Waals surface area contributed by atoms with E-state index < -0.39 is 56.2 Å². The zero-order valence-electron chi connectivity index (χ0n) is 21.2. The molecule has 7 nitrogen and oxygen atoms in total. The van der Waals surface area contributed by atoms with Crippen LogP contribution in [0.15, 0.2) is 59.5 Å². The van der Waals surface area contributed by atoms with Crippen molar-refractivity contribution in [2.45, 2.75) is 59.9 Å². The summed E-state index contributed by atoms with van der Waals surface area (Å²) in [6.07, 6.45) is 1.71. The number of sulfone groups is 1. The van der Waals surface area contributed by atoms with Gasteiger partial charge >= 0.3 is 0 Å². The summed E-state index contributed by atoms with van der Waals surface area (Å²) in [5.41, 5.74) is -0.205. The van der Waals surface area contributed by atoms with Crippen LogP contribution in [0.1, 0.15) is 65.9 Å². The average Bonchev–Trinajstić information content (AvgIpc) is 3.80. The third-order valence-electron chi connectivity index (χ3n) is 8.59. The smallest absolute Gasteiger partial charge is 0.255 e. The number of fused-ring (bicyclic) bond motifs is 2. The molecule has 4 saturated carbocycles. The van der Waals surface area contributed by atoms with Crippen LogP contribution in [0.25, 0.3) is 0 Å². The highest BCUT2D eigenvalue weighted by molar-refractivity contribution is 7.92. The van der Waals surface area contributed by atoms with Crippen LogP contribution in [0.2, 0.25) is 5.02 Å². The van der Waals surface area contributed by atoms with Crippen LogP contribution in [0.4, 0.5) is 14.5 Å². The third kappa shape index (κ3) is 4.60. The minimum Gasteiger partial charge on any atom is -0.386 e. The lowest BCUT2D eigenvalue weighted by Crippen LogP contribution is -2.64. The molecular weight excluding hydrogens is 562 g/mol. The van der Waals surface area contributed by atoms with E-state index in [1.165, 1.54) is 24.3 Å². The van der Waals surface area contributed by atoms with Gasteiger partial charge in [-0.3, -0.25) is 9.78 Å². The molecule has 2 aromatic carbocycles. The number of amides is 1. The lowest BCUT2D eigenvalue weighted by atomic mass is 9.51. The highest BCUT2D eigenvalue weighted by Crippen LogP contribution is 2.60. The molecule has 4 aliphatic rings. The molecule has 3 atom stereocenters. The maximum atomic E-state index is 13.7. The molecule has 0 aliphatic heterocycles. The number of halogens is 3. The Morgan fingerprint density at radius 1 is 1.02 bits per heavy atom. The van der Waals surface area contributed by atoms with Gasteiger partial charge in [0, 0.05) is 28.9 Å². The monoisotopic (exact) mass is 588 g/mol. The highest BCUT2D eigenvalue weighted by Gasteiger charge is 2.63. The first kappa shape index (κ1) is 27.3. The summed E-state index contributed by atoms with van der Waals surface area (Å²) in [7, 11) is -4.02. The molecular formula is C29H27ClF2N2O5S. The number of aliphatic hydroxyl groups excluding tert-OH is 1. The van der Waals surface area contributed by atoms with Crippen molar-refractivity contribution in [2.24, 2.45) is 11.8 Å². The Hall–Kier alpha value is -2.92. The van der Waals surface area contributed by atoms with E-state index in [9.17, 15) is 32.2 Å². The maximum absolute atomic E-state index is 13.7. The zero-order chi connectivity index (χ0) is 28.4. The van der Waals surface area contributed by atoms with Crippen molar-refractivity contribution in [1.82, 2.24) is 4.98 Å². The predicted octanol–water partition coefficient (Wildman–Crippen LogP) is 5.18. The van der Waals surface area contributed by atoms with Crippen molar-refractivity contribution in [2.75, 3.05) is 5.32 Å². The quantitative estimate of drug-likeness (QED) is 0.350. The van der Waals surface area contributed by atoms with Gasteiger partial charge < -0.3 is 15.5 Å². The van der Waals surface area contributed by atoms with Gasteiger partial charge in [0.1, 0.15) is 11.7 Å². The molecule has 4 fully saturated rings. The van der Waals surface area contributed by atoms with Crippen LogP contribution in [-0.4, -0.2) is 40.4 Å². The number of carbonyl (C=O) groups excluding carboxylic acids is 1. The van der Waals surface area contributed by atoms with Gasteiger partial charge in [-0.05, 0) is 86.4 Å². The predicted molar refractivity (Wildman–Crippen MR) is 144 cm³/mol. The minimum atomic E-state index is -4.02. The molecule has 11 heteroatoms. The Bertz CT molecular complexity index is 1600. The second kappa shape index (κ2) is 9.87. The van der Waals surface area contributed by atoms with Crippen molar-refractivity contribution in [3.63, 3.8) is 0 Å². The molecule has 3 unspecified atom stereocenters. The number of rotatable bonds is 7. The van der Waals surface area contributed by atoms with Crippen LogP contribution < -0.4 is 5.32 Å². The minimum absolute atomic E-state index is 0.00521. The number of aliphatic hydroxyl groups is 2. The van der Waals surface area contributed by atoms with Gasteiger partial charge in [0.25, 0.3) is 5.91 Å². The van der Waals surface area contributed by atoms with Crippen molar-refractivity contribution >= 4 is 33.0 Å². The summed E-state index contributed by atoms with van der Waals surface area (Å²) in [6.45, 7) is 0. The molecule has 40 heavy (non-hydrogen) atoms. The Morgan fingerprint density at radius 2 is 1.75 bits per heavy atom. The molecule has 1 heterocycles. The van der Waals surface area contributed by atoms with Gasteiger partial charge in [-0.1, -0.05) is 17.7 Å². The number of hydrogen-bond acceptors (Lipinski definition) is 6. The third-order valence-corrected chi connectivity index (χ3v) is 11.2. The van der Waals surface area contributed by atoms with Gasteiger partial charge in [0.2, 0.25) is 0 Å². The van der Waals surface area contributed by atoms with Gasteiger partial charge in [-0.15, -0.1) is 0 Å². The van der Waals surface area contributed by atoms with Gasteiger partial charge in [0.05, 0.1) is 20.9 Å². The molecule has 0 spiro atoms. The largest absolute Gasteiger partial charge is 0.386 e. The molecule has 7 rings (SSSR count). The Morgan fingerprint density at radius 3 is 2.42 bits per heavy atom. The fourth-order valence-corrected chi connectivity index (χ4v) is 8.58. The topological polar surface area (TPSA) is 117 Å². The van der Waals surface area contributed by atoms with Gasteiger partial charge in [-0.25, -0.2) is 17.2 Å². The fourth-order valence-electron chi connectivity index (χ4n) is 6.18. The van der Waals surface area contributed by atoms with Crippen LogP contribution in [0.3, 0.4) is 0 Å². The van der Waals surface area contributed by atoms with E-state index in [0.29, 0.717) is 18.0 Å². The highest BCUT2D eigenvalue weighted by atomic mass is 35.5. The number of nitrogens with zero attached hydrogens (tertiary/aromatic N) is 1. The Kier molecular flexibility index (Phi) is 6.72. The van der Waals surface area contributed by atoms with E-state index >= 15 is 0 Å². The fraction of sp³-hybridized carbons (Fsp3) is 0.379. The van der Waals surface area contributed by atoms with E-state index in [1.54, 1.807) is 6.07 Å². The number of anilines is 1. The first-order chi connectivity index (χ1) is 19.0. The molecule has 210 valence electrons. The summed E-state index contributed by atoms with van der Waals surface area (Å²) in [4.78, 5) is 17.1. The van der Waals surface area contributed by atoms with E-state index in [1.807, 2.05) is 12.1 Å². The molecule has 4 aliphatic carbocycles. The van der Waals surface area contributed by atoms with Crippen molar-refractivity contribution < 1.29 is 32.2 Å². The lowest BCUT2D eigenvalue weighted by Gasteiger charge is -2.59. The second-order valence-corrected chi connectivity index (χ2v) is 13.7. The van der Waals surface area contributed by atoms with E-state index in [-0.39, 0.29) is 34.0 Å². The summed E-state index contributed by atoms with van der Waals surface area (Å²) in [5.74, 6) is -3.44. The SMILES string of the molecule is O=C(Nc1ccc(F)c(F)c1)c1ccc(Cl)c(S(=O)(=O)[C@H]2CC3CC(C2)[C@]3(O)C(O)c2cccc(C3CC3)n2)c1. The van der Waals surface area contributed by atoms with Crippen molar-refractivity contribution in [1.29, 1.82) is 0 Å². The summed E-state index contributed by atoms with van der Waals surface area (Å²) in [5, 5.41) is 24.2. The first-order valence-corrected chi connectivity index (χ1v) is 15.1. The van der Waals surface area contributed by atoms with Crippen molar-refractivity contribution in [3.05, 3.63) is 88.2 Å². The van der Waals surface area contributed by atoms with Crippen LogP contribution in [0, 0.1) is 23.5 Å². The van der Waals surface area contributed by atoms with Crippen LogP contribution >= 0.6 is 11.6 Å². The number of hydrogen-bond donors (Lipinski definition) is 3. The Labute approximate surface area is 235 Å². The molecule has 1 amide bonds. The lowest BCUT2D eigenvalue weighted by molar-refractivity contribution is -0.234. The molecule has 3 N–H and O–H groups in total. The maximum Gasteiger partial charge on any atom is 0.255 e. The van der Waals surface area contributed by atoms with Crippen LogP contribution in [0.5, 0.6) is 0 Å². The number of carbonyl (C=O) groups is 1. The standard InChI is InChI=1S/C29H27ClF2N2O5S/c30-21-8-6-16(28(36)33-19-7-9-22(31)23(32)14-19)10-26(21)40(38,39)20-12-17-11-18(13-20)29(17,37)27(35)25-3-1-2-24(34-25)15-4-5-15/h1-3,6-10,14-15,17-18,20,27,35,37H,4-5,11-13H2,(H,33,36)/t17?,18?,20-,27?,29-. The summed E-state index contributed by atoms with van der Waals surface area (Å²) >= 11 is 6.28. The van der Waals surface area contributed by atoms with E-state index in [2.05, 4.69) is 10.3 Å². The second-order valence-electron chi connectivity index (χ2n) is 11.0. The molecule has 1 aromatic heterocycles. The average molecular weight is 589 g/mol. The zero-order valence-corrected chi connectivity index (χ0v) is 22.8. The first-order valence-electron chi connectivity index (χ1n) is 13.2. The van der Waals surface area contributed by atoms with Crippen molar-refractivity contribution in [3.8, 4) is 0 Å². The van der Waals surface area contributed by atoms with E-state index in [0.717, 1.165) is 30.7 Å². The van der Waals surface area contributed by atoms with Crippen LogP contribution in [-0.2, 0) is 9.84 Å². The molecule has 3 aromatic rings. The summed E-state index contributed by atoms with van der Waals surface area (Å²) in [6, 6.07) is 12.1. The molecule has 2 bridgehead atoms. The number of pyridine rings is 1. The normalized spacial score (nSPS) is 26.6. The van der Waals surface area contributed by atoms with E-state index in [4.69, 9.17) is 11.6 Å². The number of benzene rings is 2.